The van der Waals surface area contributed by atoms with Gasteiger partial charge in [-0.25, -0.2) is 4.98 Å². The van der Waals surface area contributed by atoms with E-state index in [2.05, 4.69) is 45.0 Å². The molecule has 0 bridgehead atoms. The highest BCUT2D eigenvalue weighted by Crippen LogP contribution is 2.34. The van der Waals surface area contributed by atoms with Gasteiger partial charge in [-0.1, -0.05) is 40.5 Å². The number of nitrogens with zero attached hydrogens (tertiary/aromatic N) is 2. The Kier molecular flexibility index (Phi) is 5.67. The molecule has 1 saturated carbocycles. The number of anilines is 1. The molecule has 1 aliphatic rings. The number of hydrogen-bond donors (Lipinski definition) is 1. The molecule has 1 aliphatic carbocycles. The monoisotopic (exact) mass is 309 g/mol. The summed E-state index contributed by atoms with van der Waals surface area (Å²) in [5, 5.41) is 4.65. The van der Waals surface area contributed by atoms with Crippen LogP contribution in [0.5, 0.6) is 0 Å². The zero-order valence-electron chi connectivity index (χ0n) is 14.3. The number of rotatable bonds is 6. The summed E-state index contributed by atoms with van der Waals surface area (Å²) in [5.74, 6) is 0.870. The van der Waals surface area contributed by atoms with Gasteiger partial charge in [0.25, 0.3) is 0 Å². The molecule has 0 saturated heterocycles. The van der Waals surface area contributed by atoms with Gasteiger partial charge in [0.1, 0.15) is 0 Å². The van der Waals surface area contributed by atoms with Crippen LogP contribution in [0.1, 0.15) is 63.9 Å². The maximum absolute atomic E-state index is 4.98. The Morgan fingerprint density at radius 3 is 2.52 bits per heavy atom. The molecular formula is C17H31N3S. The molecule has 0 unspecified atom stereocenters. The van der Waals surface area contributed by atoms with Crippen molar-refractivity contribution < 1.29 is 0 Å². The molecular weight excluding hydrogens is 278 g/mol. The standard InChI is InChI=1S/C17H31N3S/c1-6-18-11-14-15(17(2,3)4)19-16(21-14)20(5)12-13-9-7-8-10-13/h13,18H,6-12H2,1-5H3. The normalized spacial score (nSPS) is 16.6. The lowest BCUT2D eigenvalue weighted by Gasteiger charge is -2.20. The second-order valence-corrected chi connectivity index (χ2v) is 8.39. The lowest BCUT2D eigenvalue weighted by Crippen LogP contribution is -2.24. The smallest absolute Gasteiger partial charge is 0.185 e. The van der Waals surface area contributed by atoms with Crippen LogP contribution >= 0.6 is 11.3 Å². The second-order valence-electron chi connectivity index (χ2n) is 7.33. The van der Waals surface area contributed by atoms with Crippen LogP contribution in [0.4, 0.5) is 5.13 Å². The molecule has 0 aromatic carbocycles. The minimum atomic E-state index is 0.119. The number of nitrogens with one attached hydrogen (secondary N) is 1. The van der Waals surface area contributed by atoms with Crippen LogP contribution < -0.4 is 10.2 Å². The molecule has 1 heterocycles. The molecule has 1 fully saturated rings. The van der Waals surface area contributed by atoms with Crippen molar-refractivity contribution in [2.45, 2.75) is 65.3 Å². The quantitative estimate of drug-likeness (QED) is 0.854. The summed E-state index contributed by atoms with van der Waals surface area (Å²) in [6, 6.07) is 0. The Morgan fingerprint density at radius 1 is 1.29 bits per heavy atom. The third kappa shape index (κ3) is 4.43. The van der Waals surface area contributed by atoms with Crippen LogP contribution in [0, 0.1) is 5.92 Å². The van der Waals surface area contributed by atoms with Crippen molar-refractivity contribution in [1.29, 1.82) is 0 Å². The van der Waals surface area contributed by atoms with Crippen molar-refractivity contribution in [2.24, 2.45) is 5.92 Å². The van der Waals surface area contributed by atoms with Crippen LogP contribution in [0.15, 0.2) is 0 Å². The lowest BCUT2D eigenvalue weighted by molar-refractivity contribution is 0.541. The molecule has 0 amide bonds. The first kappa shape index (κ1) is 16.8. The Hall–Kier alpha value is -0.610. The van der Waals surface area contributed by atoms with Crippen molar-refractivity contribution in [1.82, 2.24) is 10.3 Å². The summed E-state index contributed by atoms with van der Waals surface area (Å²) in [6.07, 6.45) is 5.61. The topological polar surface area (TPSA) is 28.2 Å². The van der Waals surface area contributed by atoms with E-state index < -0.39 is 0 Å². The van der Waals surface area contributed by atoms with E-state index in [-0.39, 0.29) is 5.41 Å². The van der Waals surface area contributed by atoms with Crippen LogP contribution in [0.2, 0.25) is 0 Å². The Morgan fingerprint density at radius 2 is 1.95 bits per heavy atom. The number of thiazole rings is 1. The zero-order valence-corrected chi connectivity index (χ0v) is 15.1. The fourth-order valence-electron chi connectivity index (χ4n) is 3.11. The molecule has 1 aromatic heterocycles. The molecule has 3 nitrogen and oxygen atoms in total. The van der Waals surface area contributed by atoms with E-state index >= 15 is 0 Å². The van der Waals surface area contributed by atoms with Crippen LogP contribution in [0.25, 0.3) is 0 Å². The first-order valence-electron chi connectivity index (χ1n) is 8.34. The van der Waals surface area contributed by atoms with Gasteiger partial charge in [0.05, 0.1) is 5.69 Å². The van der Waals surface area contributed by atoms with Gasteiger partial charge in [0.15, 0.2) is 5.13 Å². The maximum atomic E-state index is 4.98. The Bertz CT molecular complexity index is 441. The average molecular weight is 310 g/mol. The van der Waals surface area contributed by atoms with Crippen molar-refractivity contribution >= 4 is 16.5 Å². The van der Waals surface area contributed by atoms with Gasteiger partial charge in [-0.3, -0.25) is 0 Å². The van der Waals surface area contributed by atoms with Crippen LogP contribution in [-0.4, -0.2) is 25.1 Å². The van der Waals surface area contributed by atoms with Crippen LogP contribution in [-0.2, 0) is 12.0 Å². The molecule has 0 atom stereocenters. The van der Waals surface area contributed by atoms with Crippen molar-refractivity contribution in [2.75, 3.05) is 25.0 Å². The van der Waals surface area contributed by atoms with Gasteiger partial charge >= 0.3 is 0 Å². The van der Waals surface area contributed by atoms with E-state index in [1.807, 2.05) is 11.3 Å². The van der Waals surface area contributed by atoms with Gasteiger partial charge in [0, 0.05) is 30.4 Å². The number of hydrogen-bond acceptors (Lipinski definition) is 4. The number of aromatic nitrogens is 1. The van der Waals surface area contributed by atoms with Gasteiger partial charge in [0.2, 0.25) is 0 Å². The fourth-order valence-corrected chi connectivity index (χ4v) is 4.32. The van der Waals surface area contributed by atoms with E-state index in [1.54, 1.807) is 0 Å². The van der Waals surface area contributed by atoms with Gasteiger partial charge in [-0.2, -0.15) is 0 Å². The maximum Gasteiger partial charge on any atom is 0.185 e. The highest BCUT2D eigenvalue weighted by Gasteiger charge is 2.25. The second kappa shape index (κ2) is 7.10. The molecule has 0 radical (unpaired) electrons. The lowest BCUT2D eigenvalue weighted by atomic mass is 9.91. The molecule has 1 N–H and O–H groups in total. The average Bonchev–Trinajstić information content (AvgIpc) is 3.04. The molecule has 4 heteroatoms. The summed E-state index contributed by atoms with van der Waals surface area (Å²) in [6.45, 7) is 12.1. The van der Waals surface area contributed by atoms with Gasteiger partial charge in [-0.05, 0) is 25.3 Å². The summed E-state index contributed by atoms with van der Waals surface area (Å²) in [7, 11) is 2.21. The fraction of sp³-hybridized carbons (Fsp3) is 0.824. The van der Waals surface area contributed by atoms with Crippen molar-refractivity contribution in [3.8, 4) is 0 Å². The SMILES string of the molecule is CCNCc1sc(N(C)CC2CCCC2)nc1C(C)(C)C. The summed E-state index contributed by atoms with van der Waals surface area (Å²) < 4.78 is 0. The molecule has 120 valence electrons. The summed E-state index contributed by atoms with van der Waals surface area (Å²) in [4.78, 5) is 8.76. The van der Waals surface area contributed by atoms with E-state index in [0.717, 1.165) is 25.6 Å². The van der Waals surface area contributed by atoms with E-state index in [1.165, 1.54) is 41.4 Å². The minimum absolute atomic E-state index is 0.119. The Labute approximate surface area is 134 Å². The molecule has 0 aliphatic heterocycles. The predicted octanol–water partition coefficient (Wildman–Crippen LogP) is 4.18. The third-order valence-electron chi connectivity index (χ3n) is 4.27. The third-order valence-corrected chi connectivity index (χ3v) is 5.43. The van der Waals surface area contributed by atoms with Crippen molar-refractivity contribution in [3.63, 3.8) is 0 Å². The van der Waals surface area contributed by atoms with Crippen molar-refractivity contribution in [3.05, 3.63) is 10.6 Å². The van der Waals surface area contributed by atoms with E-state index in [4.69, 9.17) is 4.98 Å². The molecule has 1 aromatic rings. The summed E-state index contributed by atoms with van der Waals surface area (Å²) in [5.41, 5.74) is 1.38. The zero-order chi connectivity index (χ0) is 15.5. The highest BCUT2D eigenvalue weighted by atomic mass is 32.1. The van der Waals surface area contributed by atoms with Crippen LogP contribution in [0.3, 0.4) is 0 Å². The van der Waals surface area contributed by atoms with Gasteiger partial charge in [-0.15, -0.1) is 11.3 Å². The first-order chi connectivity index (χ1) is 9.91. The van der Waals surface area contributed by atoms with E-state index in [9.17, 15) is 0 Å². The Balaban J connectivity index is 2.13. The molecule has 2 rings (SSSR count). The minimum Gasteiger partial charge on any atom is -0.351 e. The first-order valence-corrected chi connectivity index (χ1v) is 9.15. The highest BCUT2D eigenvalue weighted by molar-refractivity contribution is 7.15. The summed E-state index contributed by atoms with van der Waals surface area (Å²) >= 11 is 1.87. The van der Waals surface area contributed by atoms with E-state index in [0.29, 0.717) is 0 Å². The molecule has 0 spiro atoms. The molecule has 21 heavy (non-hydrogen) atoms. The predicted molar refractivity (Wildman–Crippen MR) is 93.4 cm³/mol. The van der Waals surface area contributed by atoms with Gasteiger partial charge < -0.3 is 10.2 Å². The largest absolute Gasteiger partial charge is 0.351 e.